The van der Waals surface area contributed by atoms with E-state index < -0.39 is 8.72 Å². The summed E-state index contributed by atoms with van der Waals surface area (Å²) in [4.78, 5) is 9.90. The highest BCUT2D eigenvalue weighted by Crippen LogP contribution is 2.32. The molecule has 0 aliphatic carbocycles. The van der Waals surface area contributed by atoms with Gasteiger partial charge in [0.2, 0.25) is 0 Å². The van der Waals surface area contributed by atoms with Crippen LogP contribution in [-0.2, 0) is 0 Å². The van der Waals surface area contributed by atoms with Crippen molar-refractivity contribution in [3.8, 4) is 0 Å². The summed E-state index contributed by atoms with van der Waals surface area (Å²) in [6, 6.07) is 6.03. The van der Waals surface area contributed by atoms with Gasteiger partial charge in [-0.05, 0) is 12.0 Å². The second-order valence-electron chi connectivity index (χ2n) is 2.87. The van der Waals surface area contributed by atoms with E-state index in [4.69, 9.17) is 34.8 Å². The minimum Gasteiger partial charge on any atom is -0.258 e. The summed E-state index contributed by atoms with van der Waals surface area (Å²) >= 11 is 16.7. The predicted molar refractivity (Wildman–Crippen MR) is 61.4 cm³/mol. The number of nitro groups is 1. The SMILES string of the molecule is O=[N+]([O-])c1ccc([CH]CC(Cl)(Cl)Cl)cc1. The van der Waals surface area contributed by atoms with Gasteiger partial charge in [-0.25, -0.2) is 0 Å². The van der Waals surface area contributed by atoms with Gasteiger partial charge in [0.15, 0.2) is 3.79 Å². The molecule has 0 saturated heterocycles. The fourth-order valence-corrected chi connectivity index (χ4v) is 1.20. The van der Waals surface area contributed by atoms with Gasteiger partial charge in [-0.3, -0.25) is 10.1 Å². The number of hydrogen-bond donors (Lipinski definition) is 0. The van der Waals surface area contributed by atoms with E-state index in [1.165, 1.54) is 12.1 Å². The molecule has 0 aromatic heterocycles. The first-order chi connectivity index (χ1) is 6.88. The standard InChI is InChI=1S/C9H7Cl3NO2/c10-9(11,12)6-5-7-1-3-8(4-2-7)13(14)15/h1-5H,6H2. The number of nitro benzene ring substituents is 1. The van der Waals surface area contributed by atoms with Gasteiger partial charge in [0.1, 0.15) is 0 Å². The smallest absolute Gasteiger partial charge is 0.258 e. The Morgan fingerprint density at radius 1 is 1.27 bits per heavy atom. The van der Waals surface area contributed by atoms with Gasteiger partial charge in [-0.1, -0.05) is 46.9 Å². The zero-order valence-corrected chi connectivity index (χ0v) is 9.76. The van der Waals surface area contributed by atoms with Crippen LogP contribution in [0.1, 0.15) is 12.0 Å². The highest BCUT2D eigenvalue weighted by Gasteiger charge is 2.19. The van der Waals surface area contributed by atoms with E-state index in [1.807, 2.05) is 0 Å². The molecule has 0 saturated carbocycles. The molecule has 1 aromatic rings. The summed E-state index contributed by atoms with van der Waals surface area (Å²) in [7, 11) is 0. The molecular formula is C9H7Cl3NO2. The molecule has 15 heavy (non-hydrogen) atoms. The summed E-state index contributed by atoms with van der Waals surface area (Å²) in [5, 5.41) is 10.4. The molecule has 1 rings (SSSR count). The van der Waals surface area contributed by atoms with E-state index in [-0.39, 0.29) is 12.1 Å². The lowest BCUT2D eigenvalue weighted by Gasteiger charge is -2.09. The number of rotatable bonds is 3. The Kier molecular flexibility index (Phi) is 4.20. The van der Waals surface area contributed by atoms with Crippen LogP contribution < -0.4 is 0 Å². The number of benzene rings is 1. The highest BCUT2D eigenvalue weighted by molar-refractivity contribution is 6.67. The molecule has 0 bridgehead atoms. The number of halogens is 3. The molecule has 0 fully saturated rings. The molecule has 0 atom stereocenters. The Labute approximate surface area is 102 Å². The molecule has 3 nitrogen and oxygen atoms in total. The van der Waals surface area contributed by atoms with Crippen molar-refractivity contribution in [2.45, 2.75) is 10.2 Å². The van der Waals surface area contributed by atoms with Crippen molar-refractivity contribution in [3.05, 3.63) is 46.4 Å². The van der Waals surface area contributed by atoms with E-state index >= 15 is 0 Å². The predicted octanol–water partition coefficient (Wildman–Crippen LogP) is 3.91. The molecule has 0 unspecified atom stereocenters. The maximum Gasteiger partial charge on any atom is 0.269 e. The maximum atomic E-state index is 10.4. The van der Waals surface area contributed by atoms with Crippen molar-refractivity contribution in [1.82, 2.24) is 0 Å². The van der Waals surface area contributed by atoms with Crippen molar-refractivity contribution in [2.75, 3.05) is 0 Å². The fraction of sp³-hybridized carbons (Fsp3) is 0.222. The maximum absolute atomic E-state index is 10.4. The summed E-state index contributed by atoms with van der Waals surface area (Å²) < 4.78 is -1.33. The van der Waals surface area contributed by atoms with Crippen LogP contribution in [0.15, 0.2) is 24.3 Å². The lowest BCUT2D eigenvalue weighted by atomic mass is 10.1. The van der Waals surface area contributed by atoms with Gasteiger partial charge in [-0.2, -0.15) is 0 Å². The molecular weight excluding hydrogens is 260 g/mol. The van der Waals surface area contributed by atoms with Gasteiger partial charge >= 0.3 is 0 Å². The first kappa shape index (κ1) is 12.6. The van der Waals surface area contributed by atoms with Crippen LogP contribution >= 0.6 is 34.8 Å². The fourth-order valence-electron chi connectivity index (χ4n) is 0.966. The molecule has 0 aliphatic rings. The van der Waals surface area contributed by atoms with E-state index in [0.717, 1.165) is 5.56 Å². The van der Waals surface area contributed by atoms with Crippen molar-refractivity contribution in [1.29, 1.82) is 0 Å². The summed E-state index contributed by atoms with van der Waals surface area (Å²) in [5.41, 5.74) is 0.827. The number of nitrogens with zero attached hydrogens (tertiary/aromatic N) is 1. The summed E-state index contributed by atoms with van der Waals surface area (Å²) in [5.74, 6) is 0. The minimum atomic E-state index is -1.33. The lowest BCUT2D eigenvalue weighted by molar-refractivity contribution is -0.384. The largest absolute Gasteiger partial charge is 0.269 e. The van der Waals surface area contributed by atoms with Gasteiger partial charge in [0, 0.05) is 18.6 Å². The average Bonchev–Trinajstić information content (AvgIpc) is 2.14. The van der Waals surface area contributed by atoms with Crippen LogP contribution in [-0.4, -0.2) is 8.72 Å². The third-order valence-electron chi connectivity index (χ3n) is 1.67. The highest BCUT2D eigenvalue weighted by atomic mass is 35.6. The van der Waals surface area contributed by atoms with Crippen LogP contribution in [0.4, 0.5) is 5.69 Å². The Hall–Kier alpha value is -0.510. The average molecular weight is 268 g/mol. The second-order valence-corrected chi connectivity index (χ2v) is 5.39. The van der Waals surface area contributed by atoms with Crippen molar-refractivity contribution < 1.29 is 4.92 Å². The quantitative estimate of drug-likeness (QED) is 0.473. The Bertz CT molecular complexity index is 345. The zero-order chi connectivity index (χ0) is 11.5. The number of non-ortho nitro benzene ring substituents is 1. The Morgan fingerprint density at radius 2 is 1.80 bits per heavy atom. The van der Waals surface area contributed by atoms with Crippen molar-refractivity contribution in [2.24, 2.45) is 0 Å². The van der Waals surface area contributed by atoms with E-state index in [9.17, 15) is 10.1 Å². The van der Waals surface area contributed by atoms with E-state index in [0.29, 0.717) is 0 Å². The first-order valence-corrected chi connectivity index (χ1v) is 5.16. The molecule has 81 valence electrons. The minimum absolute atomic E-state index is 0.0426. The lowest BCUT2D eigenvalue weighted by Crippen LogP contribution is -2.02. The molecule has 0 spiro atoms. The van der Waals surface area contributed by atoms with Crippen LogP contribution in [0.2, 0.25) is 0 Å². The molecule has 0 amide bonds. The van der Waals surface area contributed by atoms with Crippen LogP contribution in [0.25, 0.3) is 0 Å². The number of alkyl halides is 3. The van der Waals surface area contributed by atoms with Gasteiger partial charge in [0.25, 0.3) is 5.69 Å². The third kappa shape index (κ3) is 4.69. The van der Waals surface area contributed by atoms with Gasteiger partial charge < -0.3 is 0 Å². The normalized spacial score (nSPS) is 11.4. The van der Waals surface area contributed by atoms with Crippen molar-refractivity contribution in [3.63, 3.8) is 0 Å². The Morgan fingerprint density at radius 3 is 2.20 bits per heavy atom. The molecule has 1 radical (unpaired) electrons. The first-order valence-electron chi connectivity index (χ1n) is 4.03. The monoisotopic (exact) mass is 266 g/mol. The van der Waals surface area contributed by atoms with Crippen molar-refractivity contribution >= 4 is 40.5 Å². The summed E-state index contributed by atoms with van der Waals surface area (Å²) in [6.07, 6.45) is 1.96. The molecule has 1 aromatic carbocycles. The number of hydrogen-bond acceptors (Lipinski definition) is 2. The zero-order valence-electron chi connectivity index (χ0n) is 7.49. The molecule has 0 N–H and O–H groups in total. The van der Waals surface area contributed by atoms with Crippen LogP contribution in [0.3, 0.4) is 0 Å². The van der Waals surface area contributed by atoms with E-state index in [1.54, 1.807) is 18.6 Å². The van der Waals surface area contributed by atoms with Crippen LogP contribution in [0, 0.1) is 16.5 Å². The van der Waals surface area contributed by atoms with Gasteiger partial charge in [-0.15, -0.1) is 0 Å². The molecule has 0 aliphatic heterocycles. The van der Waals surface area contributed by atoms with Gasteiger partial charge in [0.05, 0.1) is 4.92 Å². The Balaban J connectivity index is 2.61. The second kappa shape index (κ2) is 5.01. The molecule has 0 heterocycles. The topological polar surface area (TPSA) is 43.1 Å². The summed E-state index contributed by atoms with van der Waals surface area (Å²) in [6.45, 7) is 0. The van der Waals surface area contributed by atoms with E-state index in [2.05, 4.69) is 0 Å². The van der Waals surface area contributed by atoms with Crippen LogP contribution in [0.5, 0.6) is 0 Å². The third-order valence-corrected chi connectivity index (χ3v) is 2.14. The molecule has 6 heteroatoms.